The molecule has 0 saturated heterocycles. The van der Waals surface area contributed by atoms with Gasteiger partial charge in [0.15, 0.2) is 0 Å². The molecule has 1 N–H and O–H groups in total. The van der Waals surface area contributed by atoms with Gasteiger partial charge in [-0.25, -0.2) is 15.0 Å². The molecule has 2 aromatic heterocycles. The number of hydrogen-bond donors (Lipinski definition) is 1. The van der Waals surface area contributed by atoms with Crippen LogP contribution in [0.4, 0.5) is 5.82 Å². The summed E-state index contributed by atoms with van der Waals surface area (Å²) in [5.41, 5.74) is 2.94. The monoisotopic (exact) mass is 268 g/mol. The molecule has 2 aromatic rings. The quantitative estimate of drug-likeness (QED) is 0.848. The van der Waals surface area contributed by atoms with Crippen LogP contribution in [0.15, 0.2) is 17.0 Å². The lowest BCUT2D eigenvalue weighted by molar-refractivity contribution is 0.918. The van der Waals surface area contributed by atoms with Gasteiger partial charge < -0.3 is 5.32 Å². The summed E-state index contributed by atoms with van der Waals surface area (Å²) in [5.74, 6) is 1.53. The third kappa shape index (κ3) is 3.64. The minimum absolute atomic E-state index is 0.480. The fourth-order valence-corrected chi connectivity index (χ4v) is 2.19. The highest BCUT2D eigenvalue weighted by atomic mass is 35.5. The number of aryl methyl sites for hydroxylation is 1. The Kier molecular flexibility index (Phi) is 4.28. The van der Waals surface area contributed by atoms with E-state index in [9.17, 15) is 0 Å². The van der Waals surface area contributed by atoms with Gasteiger partial charge in [0, 0.05) is 30.8 Å². The summed E-state index contributed by atoms with van der Waals surface area (Å²) in [6.45, 7) is 2.80. The van der Waals surface area contributed by atoms with Crippen LogP contribution in [0.3, 0.4) is 0 Å². The summed E-state index contributed by atoms with van der Waals surface area (Å²) in [6.07, 6.45) is 1.66. The van der Waals surface area contributed by atoms with Crippen molar-refractivity contribution in [3.05, 3.63) is 33.6 Å². The zero-order valence-electron chi connectivity index (χ0n) is 9.48. The molecule has 2 rings (SSSR count). The van der Waals surface area contributed by atoms with E-state index in [0.29, 0.717) is 5.15 Å². The Hall–Kier alpha value is -1.20. The number of thiazole rings is 1. The molecule has 0 saturated carbocycles. The van der Waals surface area contributed by atoms with Gasteiger partial charge in [-0.05, 0) is 0 Å². The lowest BCUT2D eigenvalue weighted by atomic mass is 10.3. The van der Waals surface area contributed by atoms with Crippen LogP contribution in [0.5, 0.6) is 0 Å². The molecule has 6 heteroatoms. The molecule has 0 aliphatic carbocycles. The summed E-state index contributed by atoms with van der Waals surface area (Å²) in [6, 6.07) is 1.74. The van der Waals surface area contributed by atoms with Crippen LogP contribution in [0.25, 0.3) is 0 Å². The second-order valence-corrected chi connectivity index (χ2v) is 4.61. The molecule has 0 aliphatic heterocycles. The topological polar surface area (TPSA) is 50.7 Å². The van der Waals surface area contributed by atoms with Crippen LogP contribution in [0, 0.1) is 0 Å². The number of nitrogens with one attached hydrogen (secondary N) is 1. The molecule has 0 spiro atoms. The van der Waals surface area contributed by atoms with Gasteiger partial charge in [-0.3, -0.25) is 0 Å². The zero-order valence-corrected chi connectivity index (χ0v) is 11.1. The molecule has 0 unspecified atom stereocenters. The Bertz CT molecular complexity index is 472. The first-order valence-corrected chi connectivity index (χ1v) is 6.74. The van der Waals surface area contributed by atoms with E-state index in [2.05, 4.69) is 20.3 Å². The van der Waals surface area contributed by atoms with Crippen LogP contribution < -0.4 is 5.32 Å². The van der Waals surface area contributed by atoms with Gasteiger partial charge in [0.05, 0.1) is 11.2 Å². The number of rotatable bonds is 5. The van der Waals surface area contributed by atoms with Crippen molar-refractivity contribution < 1.29 is 0 Å². The van der Waals surface area contributed by atoms with Crippen molar-refractivity contribution in [2.75, 3.05) is 11.9 Å². The summed E-state index contributed by atoms with van der Waals surface area (Å²) < 4.78 is 0. The third-order valence-electron chi connectivity index (χ3n) is 2.23. The summed E-state index contributed by atoms with van der Waals surface area (Å²) in [5, 5.41) is 5.75. The van der Waals surface area contributed by atoms with Crippen LogP contribution >= 0.6 is 22.9 Å². The van der Waals surface area contributed by atoms with Crippen LogP contribution in [0.2, 0.25) is 5.15 Å². The van der Waals surface area contributed by atoms with E-state index in [1.54, 1.807) is 17.4 Å². The minimum Gasteiger partial charge on any atom is -0.370 e. The first-order valence-electron chi connectivity index (χ1n) is 5.42. The van der Waals surface area contributed by atoms with E-state index < -0.39 is 0 Å². The van der Waals surface area contributed by atoms with E-state index in [1.807, 2.05) is 17.8 Å². The normalized spacial score (nSPS) is 10.5. The SMILES string of the molecule is CCc1nc(Cl)cc(NCCc2cscn2)n1. The molecule has 0 aliphatic rings. The van der Waals surface area contributed by atoms with Gasteiger partial charge in [-0.1, -0.05) is 18.5 Å². The minimum atomic E-state index is 0.480. The largest absolute Gasteiger partial charge is 0.370 e. The Morgan fingerprint density at radius 3 is 3.00 bits per heavy atom. The fraction of sp³-hybridized carbons (Fsp3) is 0.364. The predicted molar refractivity (Wildman–Crippen MR) is 70.7 cm³/mol. The highest BCUT2D eigenvalue weighted by Gasteiger charge is 2.01. The standard InChI is InChI=1S/C11H13ClN4S/c1-2-10-15-9(12)5-11(16-10)13-4-3-8-6-17-7-14-8/h5-7H,2-4H2,1H3,(H,13,15,16). The molecule has 2 heterocycles. The van der Waals surface area contributed by atoms with Crippen molar-refractivity contribution in [2.24, 2.45) is 0 Å². The van der Waals surface area contributed by atoms with Crippen LogP contribution in [-0.2, 0) is 12.8 Å². The smallest absolute Gasteiger partial charge is 0.134 e. The number of aromatic nitrogens is 3. The molecule has 0 aromatic carbocycles. The second kappa shape index (κ2) is 5.93. The summed E-state index contributed by atoms with van der Waals surface area (Å²) in [7, 11) is 0. The average Bonchev–Trinajstić information content (AvgIpc) is 2.81. The van der Waals surface area contributed by atoms with E-state index in [0.717, 1.165) is 36.7 Å². The molecule has 0 amide bonds. The third-order valence-corrected chi connectivity index (χ3v) is 3.06. The van der Waals surface area contributed by atoms with Crippen molar-refractivity contribution >= 4 is 28.8 Å². The molecule has 0 bridgehead atoms. The van der Waals surface area contributed by atoms with Gasteiger partial charge in [0.1, 0.15) is 16.8 Å². The van der Waals surface area contributed by atoms with E-state index >= 15 is 0 Å². The highest BCUT2D eigenvalue weighted by molar-refractivity contribution is 7.07. The number of nitrogens with zero attached hydrogens (tertiary/aromatic N) is 3. The van der Waals surface area contributed by atoms with E-state index in [1.165, 1.54) is 0 Å². The Morgan fingerprint density at radius 2 is 2.29 bits per heavy atom. The molecule has 4 nitrogen and oxygen atoms in total. The first kappa shape index (κ1) is 12.3. The summed E-state index contributed by atoms with van der Waals surface area (Å²) >= 11 is 7.51. The maximum absolute atomic E-state index is 5.91. The number of halogens is 1. The Morgan fingerprint density at radius 1 is 1.41 bits per heavy atom. The number of hydrogen-bond acceptors (Lipinski definition) is 5. The molecular weight excluding hydrogens is 256 g/mol. The van der Waals surface area contributed by atoms with Gasteiger partial charge in [0.2, 0.25) is 0 Å². The van der Waals surface area contributed by atoms with Gasteiger partial charge >= 0.3 is 0 Å². The second-order valence-electron chi connectivity index (χ2n) is 3.50. The molecule has 0 radical (unpaired) electrons. The summed E-state index contributed by atoms with van der Waals surface area (Å²) in [4.78, 5) is 12.7. The van der Waals surface area contributed by atoms with Crippen molar-refractivity contribution in [1.29, 1.82) is 0 Å². The lowest BCUT2D eigenvalue weighted by Crippen LogP contribution is -2.08. The van der Waals surface area contributed by atoms with Crippen molar-refractivity contribution in [1.82, 2.24) is 15.0 Å². The fourth-order valence-electron chi connectivity index (χ4n) is 1.39. The van der Waals surface area contributed by atoms with Gasteiger partial charge in [-0.15, -0.1) is 11.3 Å². The Balaban J connectivity index is 1.92. The lowest BCUT2D eigenvalue weighted by Gasteiger charge is -2.06. The molecule has 90 valence electrons. The molecular formula is C11H13ClN4S. The van der Waals surface area contributed by atoms with Crippen LogP contribution in [0.1, 0.15) is 18.4 Å². The average molecular weight is 269 g/mol. The molecule has 0 fully saturated rings. The predicted octanol–water partition coefficient (Wildman–Crippen LogP) is 2.80. The van der Waals surface area contributed by atoms with Gasteiger partial charge in [0.25, 0.3) is 0 Å². The van der Waals surface area contributed by atoms with Crippen molar-refractivity contribution in [3.63, 3.8) is 0 Å². The van der Waals surface area contributed by atoms with Crippen LogP contribution in [-0.4, -0.2) is 21.5 Å². The maximum atomic E-state index is 5.91. The Labute approximate surface area is 109 Å². The van der Waals surface area contributed by atoms with Crippen molar-refractivity contribution in [3.8, 4) is 0 Å². The van der Waals surface area contributed by atoms with Crippen molar-refractivity contribution in [2.45, 2.75) is 19.8 Å². The molecule has 0 atom stereocenters. The first-order chi connectivity index (χ1) is 8.28. The zero-order chi connectivity index (χ0) is 12.1. The number of anilines is 1. The highest BCUT2D eigenvalue weighted by Crippen LogP contribution is 2.12. The maximum Gasteiger partial charge on any atom is 0.134 e. The molecule has 17 heavy (non-hydrogen) atoms. The van der Waals surface area contributed by atoms with E-state index in [4.69, 9.17) is 11.6 Å². The van der Waals surface area contributed by atoms with Gasteiger partial charge in [-0.2, -0.15) is 0 Å². The van der Waals surface area contributed by atoms with E-state index in [-0.39, 0.29) is 0 Å².